The number of nitrogens with one attached hydrogen (secondary N) is 1. The van der Waals surface area contributed by atoms with E-state index < -0.39 is 5.96 Å². The van der Waals surface area contributed by atoms with Gasteiger partial charge < -0.3 is 0 Å². The summed E-state index contributed by atoms with van der Waals surface area (Å²) in [4.78, 5) is 13.3. The van der Waals surface area contributed by atoms with Gasteiger partial charge in [0.2, 0.25) is 0 Å². The second kappa shape index (κ2) is 9.71. The third kappa shape index (κ3) is 4.09. The maximum atomic E-state index is 13.3. The summed E-state index contributed by atoms with van der Waals surface area (Å²) in [6.07, 6.45) is 0. The van der Waals surface area contributed by atoms with Crippen LogP contribution >= 0.6 is 40.4 Å². The fraction of sp³-hybridized carbons (Fsp3) is 0. The van der Waals surface area contributed by atoms with E-state index in [0.29, 0.717) is 5.56 Å². The molecule has 0 saturated carbocycles. The summed E-state index contributed by atoms with van der Waals surface area (Å²) in [7, 11) is 0. The molecule has 0 saturated heterocycles. The van der Waals surface area contributed by atoms with E-state index in [2.05, 4.69) is 5.32 Å². The van der Waals surface area contributed by atoms with Crippen LogP contribution in [0.2, 0.25) is 0 Å². The monoisotopic (exact) mass is 511 g/mol. The SMILES string of the molecule is O=C(NC(=C(Cl)Cl)P(Cl)(c1ccccc1)(c1ccccc1)c1ccccc1)c1ccccc1. The Morgan fingerprint density at radius 3 is 1.24 bits per heavy atom. The number of benzene rings is 4. The number of hydrogen-bond acceptors (Lipinski definition) is 1. The Morgan fingerprint density at radius 1 is 0.576 bits per heavy atom. The fourth-order valence-electron chi connectivity index (χ4n) is 4.04. The molecule has 4 aromatic carbocycles. The van der Waals surface area contributed by atoms with Crippen molar-refractivity contribution >= 4 is 62.2 Å². The number of halogens is 3. The van der Waals surface area contributed by atoms with E-state index in [4.69, 9.17) is 34.4 Å². The van der Waals surface area contributed by atoms with Gasteiger partial charge in [0.25, 0.3) is 0 Å². The molecule has 166 valence electrons. The van der Waals surface area contributed by atoms with Crippen LogP contribution in [-0.4, -0.2) is 5.91 Å². The molecule has 33 heavy (non-hydrogen) atoms. The second-order valence-corrected chi connectivity index (χ2v) is 14.4. The van der Waals surface area contributed by atoms with E-state index in [0.717, 1.165) is 15.9 Å². The molecule has 0 aliphatic rings. The normalized spacial score (nSPS) is 12.3. The standard InChI is InChI=1S/C27H21Cl3NOP/c28-25(29)27(31-26(32)21-13-5-1-6-14-21)33(30,22-15-7-2-8-16-22,23-17-9-3-10-18-23)24-19-11-4-12-20-24/h1-20H,(H,31,32). The van der Waals surface area contributed by atoms with Crippen molar-refractivity contribution in [3.05, 3.63) is 137 Å². The zero-order valence-electron chi connectivity index (χ0n) is 17.5. The van der Waals surface area contributed by atoms with E-state index in [-0.39, 0.29) is 15.8 Å². The first-order chi connectivity index (χ1) is 16.0. The first-order valence-electron chi connectivity index (χ1n) is 10.3. The average molecular weight is 513 g/mol. The van der Waals surface area contributed by atoms with Gasteiger partial charge in [0.05, 0.1) is 0 Å². The Morgan fingerprint density at radius 2 is 0.909 bits per heavy atom. The van der Waals surface area contributed by atoms with Gasteiger partial charge in [-0.1, -0.05) is 0 Å². The Kier molecular flexibility index (Phi) is 6.93. The number of carbonyl (C=O) groups excluding carboxylic acids is 1. The van der Waals surface area contributed by atoms with Gasteiger partial charge in [-0.3, -0.25) is 0 Å². The van der Waals surface area contributed by atoms with Gasteiger partial charge in [-0.05, 0) is 0 Å². The summed E-state index contributed by atoms with van der Waals surface area (Å²) in [6.45, 7) is 0. The van der Waals surface area contributed by atoms with E-state index >= 15 is 0 Å². The van der Waals surface area contributed by atoms with Crippen molar-refractivity contribution in [1.29, 1.82) is 0 Å². The molecule has 1 N–H and O–H groups in total. The first kappa shape index (κ1) is 23.5. The van der Waals surface area contributed by atoms with Gasteiger partial charge >= 0.3 is 209 Å². The summed E-state index contributed by atoms with van der Waals surface area (Å²) >= 11 is 21.2. The van der Waals surface area contributed by atoms with Crippen LogP contribution < -0.4 is 21.2 Å². The van der Waals surface area contributed by atoms with E-state index in [1.54, 1.807) is 24.3 Å². The van der Waals surface area contributed by atoms with Crippen LogP contribution in [0.1, 0.15) is 10.4 Å². The third-order valence-corrected chi connectivity index (χ3v) is 13.5. The van der Waals surface area contributed by atoms with E-state index in [1.165, 1.54) is 0 Å². The predicted octanol–water partition coefficient (Wildman–Crippen LogP) is 6.70. The van der Waals surface area contributed by atoms with Crippen LogP contribution in [0.4, 0.5) is 0 Å². The molecule has 0 aromatic heterocycles. The van der Waals surface area contributed by atoms with Gasteiger partial charge in [-0.25, -0.2) is 0 Å². The molecule has 0 atom stereocenters. The fourth-order valence-corrected chi connectivity index (χ4v) is 11.3. The van der Waals surface area contributed by atoms with Crippen molar-refractivity contribution in [3.8, 4) is 0 Å². The Hall–Kier alpha value is -2.61. The molecule has 0 unspecified atom stereocenters. The van der Waals surface area contributed by atoms with Gasteiger partial charge in [0.15, 0.2) is 0 Å². The third-order valence-electron chi connectivity index (χ3n) is 5.59. The molecule has 0 spiro atoms. The zero-order chi connectivity index (χ0) is 23.3. The molecule has 0 aliphatic carbocycles. The molecule has 0 heterocycles. The molecule has 6 heteroatoms. The van der Waals surface area contributed by atoms with Crippen molar-refractivity contribution in [2.45, 2.75) is 0 Å². The van der Waals surface area contributed by atoms with Crippen LogP contribution in [0.25, 0.3) is 0 Å². The van der Waals surface area contributed by atoms with Gasteiger partial charge in [-0.2, -0.15) is 0 Å². The number of hydrogen-bond donors (Lipinski definition) is 1. The number of rotatable bonds is 6. The van der Waals surface area contributed by atoms with Gasteiger partial charge in [0, 0.05) is 0 Å². The molecule has 4 rings (SSSR count). The summed E-state index contributed by atoms with van der Waals surface area (Å²) < 4.78 is -0.0940. The molecule has 0 bridgehead atoms. The number of carbonyl (C=O) groups is 1. The average Bonchev–Trinajstić information content (AvgIpc) is 2.88. The molecule has 0 fully saturated rings. The maximum absolute atomic E-state index is 13.3. The second-order valence-electron chi connectivity index (χ2n) is 7.44. The summed E-state index contributed by atoms with van der Waals surface area (Å²) in [5, 5.41) is 5.44. The zero-order valence-corrected chi connectivity index (χ0v) is 20.7. The van der Waals surface area contributed by atoms with Crippen molar-refractivity contribution in [2.24, 2.45) is 0 Å². The van der Waals surface area contributed by atoms with Gasteiger partial charge in [-0.15, -0.1) is 0 Å². The number of amides is 1. The van der Waals surface area contributed by atoms with Crippen LogP contribution in [0.3, 0.4) is 0 Å². The van der Waals surface area contributed by atoms with Crippen molar-refractivity contribution in [1.82, 2.24) is 5.32 Å². The van der Waals surface area contributed by atoms with Gasteiger partial charge in [0.1, 0.15) is 0 Å². The minimum absolute atomic E-state index is 0.0940. The van der Waals surface area contributed by atoms with Crippen molar-refractivity contribution in [3.63, 3.8) is 0 Å². The molecule has 2 nitrogen and oxygen atoms in total. The van der Waals surface area contributed by atoms with E-state index in [9.17, 15) is 4.79 Å². The predicted molar refractivity (Wildman–Crippen MR) is 144 cm³/mol. The van der Waals surface area contributed by atoms with Crippen LogP contribution in [-0.2, 0) is 0 Å². The van der Waals surface area contributed by atoms with Crippen LogP contribution in [0.15, 0.2) is 131 Å². The Balaban J connectivity index is 2.10. The molecular formula is C27H21Cl3NOP. The van der Waals surface area contributed by atoms with Crippen molar-refractivity contribution in [2.75, 3.05) is 0 Å². The summed E-state index contributed by atoms with van der Waals surface area (Å²) in [6, 6.07) is 37.9. The van der Waals surface area contributed by atoms with E-state index in [1.807, 2.05) is 97.1 Å². The molecule has 4 aromatic rings. The Bertz CT molecular complexity index is 1180. The molecule has 0 radical (unpaired) electrons. The molecule has 1 amide bonds. The molecule has 0 aliphatic heterocycles. The molecular weight excluding hydrogens is 492 g/mol. The topological polar surface area (TPSA) is 29.1 Å². The summed E-state index contributed by atoms with van der Waals surface area (Å²) in [5.74, 6) is -4.43. The summed E-state index contributed by atoms with van der Waals surface area (Å²) in [5.41, 5.74) is 0.754. The van der Waals surface area contributed by atoms with Crippen molar-refractivity contribution < 1.29 is 4.79 Å². The van der Waals surface area contributed by atoms with Crippen LogP contribution in [0.5, 0.6) is 0 Å². The minimum atomic E-state index is -4.08. The van der Waals surface area contributed by atoms with Crippen LogP contribution in [0, 0.1) is 0 Å². The first-order valence-corrected chi connectivity index (χ1v) is 14.2. The quantitative estimate of drug-likeness (QED) is 0.286. The Labute approximate surface area is 208 Å².